The van der Waals surface area contributed by atoms with Crippen LogP contribution in [0.25, 0.3) is 10.9 Å². The van der Waals surface area contributed by atoms with Crippen LogP contribution in [0.2, 0.25) is 0 Å². The average Bonchev–Trinajstić information content (AvgIpc) is 3.24. The summed E-state index contributed by atoms with van der Waals surface area (Å²) in [6.45, 7) is 1.96. The summed E-state index contributed by atoms with van der Waals surface area (Å²) in [5, 5.41) is 18.3. The number of benzene rings is 1. The monoisotopic (exact) mass is 342 g/mol. The molecular formula is C19H22N2O2S. The van der Waals surface area contributed by atoms with Crippen molar-refractivity contribution in [3.05, 3.63) is 58.4 Å². The molecule has 0 bridgehead atoms. The van der Waals surface area contributed by atoms with E-state index in [0.29, 0.717) is 6.42 Å². The second-order valence-corrected chi connectivity index (χ2v) is 7.06. The van der Waals surface area contributed by atoms with Gasteiger partial charge in [0.1, 0.15) is 5.60 Å². The number of para-hydroxylation sites is 1. The zero-order valence-electron chi connectivity index (χ0n) is 13.7. The number of fused-ring (bicyclic) bond motifs is 1. The van der Waals surface area contributed by atoms with Crippen molar-refractivity contribution in [2.24, 2.45) is 0 Å². The van der Waals surface area contributed by atoms with Gasteiger partial charge in [-0.05, 0) is 53.8 Å². The first-order chi connectivity index (χ1) is 11.6. The minimum Gasteiger partial charge on any atom is -0.384 e. The third-order valence-corrected chi connectivity index (χ3v) is 4.98. The SMILES string of the molecule is CC(O)(CNC(=O)CCCc1c[nH]c2ccccc12)c1ccsc1. The number of aryl methyl sites for hydroxylation is 1. The summed E-state index contributed by atoms with van der Waals surface area (Å²) in [5.74, 6) is -0.0228. The lowest BCUT2D eigenvalue weighted by Gasteiger charge is -2.22. The van der Waals surface area contributed by atoms with E-state index < -0.39 is 5.60 Å². The number of hydrogen-bond acceptors (Lipinski definition) is 3. The second kappa shape index (κ2) is 7.20. The Kier molecular flexibility index (Phi) is 5.02. The lowest BCUT2D eigenvalue weighted by atomic mass is 9.99. The van der Waals surface area contributed by atoms with Gasteiger partial charge < -0.3 is 15.4 Å². The van der Waals surface area contributed by atoms with Gasteiger partial charge in [-0.3, -0.25) is 4.79 Å². The molecule has 0 aliphatic heterocycles. The van der Waals surface area contributed by atoms with Crippen LogP contribution < -0.4 is 5.32 Å². The Morgan fingerprint density at radius 1 is 1.33 bits per heavy atom. The van der Waals surface area contributed by atoms with Gasteiger partial charge in [0.15, 0.2) is 0 Å². The molecule has 1 aromatic carbocycles. The van der Waals surface area contributed by atoms with Gasteiger partial charge in [0, 0.05) is 23.5 Å². The summed E-state index contributed by atoms with van der Waals surface area (Å²) in [7, 11) is 0. The highest BCUT2D eigenvalue weighted by atomic mass is 32.1. The van der Waals surface area contributed by atoms with E-state index in [1.54, 1.807) is 6.92 Å². The number of aromatic amines is 1. The zero-order valence-corrected chi connectivity index (χ0v) is 14.5. The van der Waals surface area contributed by atoms with Crippen molar-refractivity contribution < 1.29 is 9.90 Å². The van der Waals surface area contributed by atoms with Crippen molar-refractivity contribution in [2.45, 2.75) is 31.8 Å². The molecule has 0 aliphatic carbocycles. The first-order valence-corrected chi connectivity index (χ1v) is 9.07. The number of aromatic nitrogens is 1. The first-order valence-electron chi connectivity index (χ1n) is 8.13. The normalized spacial score (nSPS) is 13.8. The maximum absolute atomic E-state index is 12.0. The third kappa shape index (κ3) is 3.86. The number of carbonyl (C=O) groups is 1. The Morgan fingerprint density at radius 2 is 2.17 bits per heavy atom. The topological polar surface area (TPSA) is 65.1 Å². The van der Waals surface area contributed by atoms with Crippen LogP contribution in [0.3, 0.4) is 0 Å². The summed E-state index contributed by atoms with van der Waals surface area (Å²) in [6, 6.07) is 10.1. The lowest BCUT2D eigenvalue weighted by molar-refractivity contribution is -0.122. The van der Waals surface area contributed by atoms with Crippen LogP contribution >= 0.6 is 11.3 Å². The molecule has 0 saturated carbocycles. The highest BCUT2D eigenvalue weighted by Gasteiger charge is 2.23. The summed E-state index contributed by atoms with van der Waals surface area (Å²) < 4.78 is 0. The van der Waals surface area contributed by atoms with Crippen LogP contribution in [-0.2, 0) is 16.8 Å². The van der Waals surface area contributed by atoms with Crippen molar-refractivity contribution in [3.63, 3.8) is 0 Å². The van der Waals surface area contributed by atoms with E-state index in [-0.39, 0.29) is 12.5 Å². The number of nitrogens with one attached hydrogen (secondary N) is 2. The number of thiophene rings is 1. The average molecular weight is 342 g/mol. The molecule has 3 rings (SSSR count). The van der Waals surface area contributed by atoms with E-state index in [9.17, 15) is 9.90 Å². The quantitative estimate of drug-likeness (QED) is 0.614. The molecule has 2 heterocycles. The molecule has 1 amide bonds. The van der Waals surface area contributed by atoms with Crippen LogP contribution in [0.15, 0.2) is 47.3 Å². The third-order valence-electron chi connectivity index (χ3n) is 4.30. The van der Waals surface area contributed by atoms with Gasteiger partial charge >= 0.3 is 0 Å². The minimum absolute atomic E-state index is 0.0228. The number of rotatable bonds is 7. The molecule has 0 radical (unpaired) electrons. The van der Waals surface area contributed by atoms with Crippen molar-refractivity contribution in [2.75, 3.05) is 6.54 Å². The summed E-state index contributed by atoms with van der Waals surface area (Å²) in [4.78, 5) is 15.3. The van der Waals surface area contributed by atoms with Gasteiger partial charge in [-0.25, -0.2) is 0 Å². The Labute approximate surface area is 145 Å². The van der Waals surface area contributed by atoms with Crippen LogP contribution in [0, 0.1) is 0 Å². The summed E-state index contributed by atoms with van der Waals surface area (Å²) >= 11 is 1.54. The molecule has 0 spiro atoms. The Morgan fingerprint density at radius 3 is 2.96 bits per heavy atom. The fraction of sp³-hybridized carbons (Fsp3) is 0.316. The molecule has 0 saturated heterocycles. The minimum atomic E-state index is -1.02. The molecule has 4 nitrogen and oxygen atoms in total. The number of hydrogen-bond donors (Lipinski definition) is 3. The second-order valence-electron chi connectivity index (χ2n) is 6.28. The summed E-state index contributed by atoms with van der Waals surface area (Å²) in [5.41, 5.74) is 2.19. The number of H-pyrrole nitrogens is 1. The van der Waals surface area contributed by atoms with Crippen molar-refractivity contribution >= 4 is 28.1 Å². The van der Waals surface area contributed by atoms with Gasteiger partial charge in [-0.15, -0.1) is 0 Å². The fourth-order valence-electron chi connectivity index (χ4n) is 2.81. The Balaban J connectivity index is 1.46. The van der Waals surface area contributed by atoms with Crippen LogP contribution in [0.5, 0.6) is 0 Å². The van der Waals surface area contributed by atoms with Crippen molar-refractivity contribution in [1.82, 2.24) is 10.3 Å². The highest BCUT2D eigenvalue weighted by molar-refractivity contribution is 7.08. The van der Waals surface area contributed by atoms with Crippen LogP contribution in [-0.4, -0.2) is 22.5 Å². The van der Waals surface area contributed by atoms with E-state index in [1.807, 2.05) is 35.2 Å². The first kappa shape index (κ1) is 16.7. The van der Waals surface area contributed by atoms with Crippen molar-refractivity contribution in [1.29, 1.82) is 0 Å². The maximum atomic E-state index is 12.0. The molecule has 126 valence electrons. The van der Waals surface area contributed by atoms with E-state index in [1.165, 1.54) is 22.3 Å². The standard InChI is InChI=1S/C19H22N2O2S/c1-19(23,15-9-10-24-12-15)13-21-18(22)8-4-5-14-11-20-17-7-3-2-6-16(14)17/h2-3,6-7,9-12,20,23H,4-5,8,13H2,1H3,(H,21,22). The largest absolute Gasteiger partial charge is 0.384 e. The van der Waals surface area contributed by atoms with E-state index in [4.69, 9.17) is 0 Å². The van der Waals surface area contributed by atoms with Crippen LogP contribution in [0.4, 0.5) is 0 Å². The maximum Gasteiger partial charge on any atom is 0.220 e. The Bertz CT molecular complexity index is 806. The summed E-state index contributed by atoms with van der Waals surface area (Å²) in [6.07, 6.45) is 4.12. The van der Waals surface area contributed by atoms with Gasteiger partial charge in [-0.1, -0.05) is 18.2 Å². The van der Waals surface area contributed by atoms with Gasteiger partial charge in [0.05, 0.1) is 6.54 Å². The zero-order chi connectivity index (χ0) is 17.0. The molecule has 0 fully saturated rings. The van der Waals surface area contributed by atoms with Gasteiger partial charge in [0.25, 0.3) is 0 Å². The molecule has 3 N–H and O–H groups in total. The number of aliphatic hydroxyl groups is 1. The molecule has 24 heavy (non-hydrogen) atoms. The smallest absolute Gasteiger partial charge is 0.220 e. The van der Waals surface area contributed by atoms with Gasteiger partial charge in [-0.2, -0.15) is 11.3 Å². The predicted octanol–water partition coefficient (Wildman–Crippen LogP) is 3.58. The number of amides is 1. The van der Waals surface area contributed by atoms with Gasteiger partial charge in [0.2, 0.25) is 5.91 Å². The van der Waals surface area contributed by atoms with E-state index in [2.05, 4.69) is 22.4 Å². The molecule has 1 unspecified atom stereocenters. The number of carbonyl (C=O) groups excluding carboxylic acids is 1. The molecule has 5 heteroatoms. The molecule has 3 aromatic rings. The molecule has 2 aromatic heterocycles. The fourth-order valence-corrected chi connectivity index (χ4v) is 3.59. The van der Waals surface area contributed by atoms with E-state index >= 15 is 0 Å². The molecular weight excluding hydrogens is 320 g/mol. The lowest BCUT2D eigenvalue weighted by Crippen LogP contribution is -2.38. The van der Waals surface area contributed by atoms with Crippen molar-refractivity contribution in [3.8, 4) is 0 Å². The molecule has 1 atom stereocenters. The predicted molar refractivity (Wildman–Crippen MR) is 98.1 cm³/mol. The van der Waals surface area contributed by atoms with Crippen LogP contribution in [0.1, 0.15) is 30.9 Å². The molecule has 0 aliphatic rings. The highest BCUT2D eigenvalue weighted by Crippen LogP contribution is 2.22. The van der Waals surface area contributed by atoms with E-state index in [0.717, 1.165) is 23.9 Å². The Hall–Kier alpha value is -2.11.